The first kappa shape index (κ1) is 14.3. The highest BCUT2D eigenvalue weighted by Gasteiger charge is 2.21. The zero-order valence-electron chi connectivity index (χ0n) is 10.9. The van der Waals surface area contributed by atoms with Crippen molar-refractivity contribution >= 4 is 10.0 Å². The Morgan fingerprint density at radius 1 is 1.05 bits per heavy atom. The van der Waals surface area contributed by atoms with E-state index in [1.807, 2.05) is 36.4 Å². The minimum absolute atomic E-state index is 0.00489. The van der Waals surface area contributed by atoms with Gasteiger partial charge in [-0.25, -0.2) is 13.1 Å². The molecule has 0 amide bonds. The molecule has 0 aliphatic carbocycles. The Labute approximate surface area is 118 Å². The molecule has 0 aliphatic heterocycles. The van der Waals surface area contributed by atoms with E-state index in [4.69, 9.17) is 5.26 Å². The van der Waals surface area contributed by atoms with E-state index in [-0.39, 0.29) is 16.5 Å². The summed E-state index contributed by atoms with van der Waals surface area (Å²) in [7, 11) is -3.72. The van der Waals surface area contributed by atoms with Crippen LogP contribution in [0.2, 0.25) is 0 Å². The molecule has 2 aromatic carbocycles. The fourth-order valence-corrected chi connectivity index (χ4v) is 3.29. The Kier molecular flexibility index (Phi) is 4.18. The van der Waals surface area contributed by atoms with Gasteiger partial charge in [0.2, 0.25) is 10.0 Å². The van der Waals surface area contributed by atoms with Crippen molar-refractivity contribution in [3.63, 3.8) is 0 Å². The third kappa shape index (κ3) is 3.05. The molecular formula is C15H14N2O2S. The molecule has 0 spiro atoms. The van der Waals surface area contributed by atoms with Crippen molar-refractivity contribution in [2.24, 2.45) is 0 Å². The molecule has 0 saturated carbocycles. The lowest BCUT2D eigenvalue weighted by molar-refractivity contribution is 0.566. The Hall–Kier alpha value is -2.16. The molecular weight excluding hydrogens is 272 g/mol. The van der Waals surface area contributed by atoms with Crippen LogP contribution in [-0.4, -0.2) is 8.42 Å². The molecule has 2 aromatic rings. The lowest BCUT2D eigenvalue weighted by atomic mass is 10.1. The van der Waals surface area contributed by atoms with E-state index in [9.17, 15) is 8.42 Å². The van der Waals surface area contributed by atoms with E-state index in [0.717, 1.165) is 5.56 Å². The Morgan fingerprint density at radius 2 is 1.65 bits per heavy atom. The molecule has 20 heavy (non-hydrogen) atoms. The molecule has 0 radical (unpaired) electrons. The lowest BCUT2D eigenvalue weighted by Gasteiger charge is -2.15. The van der Waals surface area contributed by atoms with Crippen molar-refractivity contribution in [2.45, 2.75) is 17.9 Å². The van der Waals surface area contributed by atoms with Gasteiger partial charge >= 0.3 is 0 Å². The second-order valence-electron chi connectivity index (χ2n) is 4.36. The van der Waals surface area contributed by atoms with Crippen LogP contribution in [0.1, 0.15) is 24.1 Å². The third-order valence-electron chi connectivity index (χ3n) is 2.93. The lowest BCUT2D eigenvalue weighted by Crippen LogP contribution is -2.27. The van der Waals surface area contributed by atoms with Crippen LogP contribution in [0.4, 0.5) is 0 Å². The van der Waals surface area contributed by atoms with E-state index in [1.165, 1.54) is 12.1 Å². The number of nitrogens with zero attached hydrogens (tertiary/aromatic N) is 1. The second kappa shape index (κ2) is 5.87. The molecule has 1 unspecified atom stereocenters. The quantitative estimate of drug-likeness (QED) is 0.939. The van der Waals surface area contributed by atoms with Crippen LogP contribution in [-0.2, 0) is 10.0 Å². The van der Waals surface area contributed by atoms with Crippen LogP contribution in [0.25, 0.3) is 0 Å². The molecule has 2 rings (SSSR count). The summed E-state index contributed by atoms with van der Waals surface area (Å²) in [6, 6.07) is 17.0. The average Bonchev–Trinajstić information content (AvgIpc) is 2.47. The molecule has 102 valence electrons. The van der Waals surface area contributed by atoms with Crippen molar-refractivity contribution in [3.05, 3.63) is 65.7 Å². The molecule has 1 N–H and O–H groups in total. The first-order valence-corrected chi connectivity index (χ1v) is 7.59. The van der Waals surface area contributed by atoms with E-state index < -0.39 is 10.0 Å². The van der Waals surface area contributed by atoms with E-state index in [0.29, 0.717) is 0 Å². The van der Waals surface area contributed by atoms with Gasteiger partial charge in [0, 0.05) is 6.04 Å². The molecule has 0 saturated heterocycles. The highest BCUT2D eigenvalue weighted by atomic mass is 32.2. The fourth-order valence-electron chi connectivity index (χ4n) is 1.90. The summed E-state index contributed by atoms with van der Waals surface area (Å²) in [5.74, 6) is 0. The van der Waals surface area contributed by atoms with Crippen molar-refractivity contribution in [3.8, 4) is 6.07 Å². The van der Waals surface area contributed by atoms with Crippen molar-refractivity contribution in [1.82, 2.24) is 4.72 Å². The summed E-state index contributed by atoms with van der Waals surface area (Å²) in [6.07, 6.45) is 0. The smallest absolute Gasteiger partial charge is 0.207 e. The van der Waals surface area contributed by atoms with Gasteiger partial charge in [0.1, 0.15) is 6.07 Å². The molecule has 0 aliphatic rings. The van der Waals surface area contributed by atoms with Gasteiger partial charge in [0.15, 0.2) is 0 Å². The third-order valence-corrected chi connectivity index (χ3v) is 4.53. The second-order valence-corrected chi connectivity index (χ2v) is 6.04. The normalized spacial score (nSPS) is 12.6. The number of nitrogens with one attached hydrogen (secondary N) is 1. The van der Waals surface area contributed by atoms with Gasteiger partial charge in [-0.15, -0.1) is 0 Å². The number of hydrogen-bond acceptors (Lipinski definition) is 3. The number of rotatable bonds is 4. The first-order chi connectivity index (χ1) is 9.54. The molecule has 0 aromatic heterocycles. The molecule has 0 fully saturated rings. The zero-order valence-corrected chi connectivity index (χ0v) is 11.8. The van der Waals surface area contributed by atoms with E-state index >= 15 is 0 Å². The van der Waals surface area contributed by atoms with Gasteiger partial charge in [-0.2, -0.15) is 5.26 Å². The molecule has 0 bridgehead atoms. The predicted molar refractivity (Wildman–Crippen MR) is 76.3 cm³/mol. The van der Waals surface area contributed by atoms with Crippen molar-refractivity contribution in [2.75, 3.05) is 0 Å². The zero-order chi connectivity index (χ0) is 14.6. The number of hydrogen-bond donors (Lipinski definition) is 1. The van der Waals surface area contributed by atoms with Gasteiger partial charge < -0.3 is 0 Å². The highest BCUT2D eigenvalue weighted by molar-refractivity contribution is 7.89. The van der Waals surface area contributed by atoms with Crippen LogP contribution in [0.15, 0.2) is 59.5 Å². The topological polar surface area (TPSA) is 70.0 Å². The maximum absolute atomic E-state index is 12.3. The Morgan fingerprint density at radius 3 is 2.30 bits per heavy atom. The van der Waals surface area contributed by atoms with Crippen LogP contribution in [0, 0.1) is 11.3 Å². The summed E-state index contributed by atoms with van der Waals surface area (Å²) >= 11 is 0. The minimum Gasteiger partial charge on any atom is -0.207 e. The summed E-state index contributed by atoms with van der Waals surface area (Å²) in [4.78, 5) is 0.00489. The van der Waals surface area contributed by atoms with E-state index in [2.05, 4.69) is 4.72 Å². The van der Waals surface area contributed by atoms with Gasteiger partial charge in [-0.1, -0.05) is 42.5 Å². The maximum atomic E-state index is 12.3. The number of nitriles is 1. The monoisotopic (exact) mass is 286 g/mol. The van der Waals surface area contributed by atoms with Gasteiger partial charge in [-0.05, 0) is 24.6 Å². The summed E-state index contributed by atoms with van der Waals surface area (Å²) in [5, 5.41) is 8.99. The van der Waals surface area contributed by atoms with Crippen molar-refractivity contribution in [1.29, 1.82) is 5.26 Å². The van der Waals surface area contributed by atoms with Crippen LogP contribution < -0.4 is 4.72 Å². The predicted octanol–water partition coefficient (Wildman–Crippen LogP) is 2.60. The Bertz CT molecular complexity index is 734. The van der Waals surface area contributed by atoms with Crippen LogP contribution in [0.3, 0.4) is 0 Å². The first-order valence-electron chi connectivity index (χ1n) is 6.11. The number of benzene rings is 2. The minimum atomic E-state index is -3.72. The fraction of sp³-hybridized carbons (Fsp3) is 0.133. The summed E-state index contributed by atoms with van der Waals surface area (Å²) in [5.41, 5.74) is 1.01. The average molecular weight is 286 g/mol. The molecule has 0 heterocycles. The van der Waals surface area contributed by atoms with Gasteiger partial charge in [0.25, 0.3) is 0 Å². The number of sulfonamides is 1. The Balaban J connectivity index is 2.31. The van der Waals surface area contributed by atoms with Crippen molar-refractivity contribution < 1.29 is 8.42 Å². The molecule has 4 nitrogen and oxygen atoms in total. The largest absolute Gasteiger partial charge is 0.242 e. The summed E-state index contributed by atoms with van der Waals surface area (Å²) in [6.45, 7) is 1.77. The van der Waals surface area contributed by atoms with E-state index in [1.54, 1.807) is 19.1 Å². The molecule has 5 heteroatoms. The van der Waals surface area contributed by atoms with Gasteiger partial charge in [-0.3, -0.25) is 0 Å². The van der Waals surface area contributed by atoms with Crippen LogP contribution >= 0.6 is 0 Å². The highest BCUT2D eigenvalue weighted by Crippen LogP contribution is 2.19. The molecule has 1 atom stereocenters. The van der Waals surface area contributed by atoms with Crippen LogP contribution in [0.5, 0.6) is 0 Å². The van der Waals surface area contributed by atoms with Gasteiger partial charge in [0.05, 0.1) is 10.5 Å². The SMILES string of the molecule is CC(NS(=O)(=O)c1ccccc1C#N)c1ccccc1. The standard InChI is InChI=1S/C15H14N2O2S/c1-12(13-7-3-2-4-8-13)17-20(18,19)15-10-6-5-9-14(15)11-16/h2-10,12,17H,1H3. The maximum Gasteiger partial charge on any atom is 0.242 e. The summed E-state index contributed by atoms with van der Waals surface area (Å²) < 4.78 is 27.3.